The predicted octanol–water partition coefficient (Wildman–Crippen LogP) is 5.37. The largest absolute Gasteiger partial charge is 0.491 e. The fraction of sp³-hybridized carbons (Fsp3) is 0.231. The van der Waals surface area contributed by atoms with Crippen molar-refractivity contribution in [3.63, 3.8) is 0 Å². The number of thiophene rings is 1. The van der Waals surface area contributed by atoms with Gasteiger partial charge in [-0.2, -0.15) is 0 Å². The number of hydrogen-bond acceptors (Lipinski definition) is 4. The molecular weight excluding hydrogens is 475 g/mol. The Morgan fingerprint density at radius 3 is 2.71 bits per heavy atom. The lowest BCUT2D eigenvalue weighted by molar-refractivity contribution is -0.135. The van der Waals surface area contributed by atoms with Crippen molar-refractivity contribution in [3.8, 4) is 5.75 Å². The van der Waals surface area contributed by atoms with Gasteiger partial charge in [0.1, 0.15) is 24.7 Å². The Morgan fingerprint density at radius 2 is 1.97 bits per heavy atom. The van der Waals surface area contributed by atoms with E-state index in [2.05, 4.69) is 6.58 Å². The van der Waals surface area contributed by atoms with Crippen molar-refractivity contribution in [2.45, 2.75) is 12.5 Å². The molecule has 0 fully saturated rings. The molecule has 4 rings (SSSR count). The van der Waals surface area contributed by atoms with Gasteiger partial charge in [0, 0.05) is 23.0 Å². The zero-order valence-corrected chi connectivity index (χ0v) is 20.0. The van der Waals surface area contributed by atoms with Crippen LogP contribution in [0.2, 0.25) is 5.02 Å². The number of nitrogens with zero attached hydrogens (tertiary/aromatic N) is 2. The summed E-state index contributed by atoms with van der Waals surface area (Å²) < 4.78 is 20.2. The average Bonchev–Trinajstić information content (AvgIpc) is 3.32. The van der Waals surface area contributed by atoms with E-state index in [1.165, 1.54) is 34.1 Å². The maximum Gasteiger partial charge on any atom is 0.257 e. The standard InChI is InChI=1S/C26H24ClFN2O3S/c1-2-13-29(26(32)20-5-3-4-6-22(20)28)16-25(31)30-14-11-24-21(12-15-34-24)23(30)17-33-19-9-7-18(27)8-10-19/h2-10,12,15,23H,1,11,13-14,16-17H2/t23-/m0/s1. The average molecular weight is 499 g/mol. The number of amides is 2. The van der Waals surface area contributed by atoms with E-state index in [9.17, 15) is 14.0 Å². The van der Waals surface area contributed by atoms with Crippen LogP contribution in [0.4, 0.5) is 4.39 Å². The summed E-state index contributed by atoms with van der Waals surface area (Å²) in [5.41, 5.74) is 0.979. The third kappa shape index (κ3) is 5.32. The highest BCUT2D eigenvalue weighted by atomic mass is 35.5. The van der Waals surface area contributed by atoms with Gasteiger partial charge in [0.05, 0.1) is 11.6 Å². The van der Waals surface area contributed by atoms with Gasteiger partial charge in [-0.1, -0.05) is 29.8 Å². The molecule has 0 aliphatic carbocycles. The highest BCUT2D eigenvalue weighted by molar-refractivity contribution is 7.10. The number of carbonyl (C=O) groups excluding carboxylic acids is 2. The molecule has 0 radical (unpaired) electrons. The minimum absolute atomic E-state index is 0.0708. The van der Waals surface area contributed by atoms with E-state index in [0.29, 0.717) is 17.3 Å². The lowest BCUT2D eigenvalue weighted by atomic mass is 10.0. The van der Waals surface area contributed by atoms with Crippen molar-refractivity contribution >= 4 is 34.8 Å². The van der Waals surface area contributed by atoms with E-state index in [1.54, 1.807) is 46.6 Å². The van der Waals surface area contributed by atoms with Crippen LogP contribution in [0.1, 0.15) is 26.8 Å². The number of fused-ring (bicyclic) bond motifs is 1. The summed E-state index contributed by atoms with van der Waals surface area (Å²) in [6.45, 7) is 4.40. The van der Waals surface area contributed by atoms with Crippen LogP contribution in [0.5, 0.6) is 5.75 Å². The summed E-state index contributed by atoms with van der Waals surface area (Å²) in [4.78, 5) is 30.7. The molecule has 8 heteroatoms. The molecule has 5 nitrogen and oxygen atoms in total. The van der Waals surface area contributed by atoms with E-state index in [1.807, 2.05) is 11.4 Å². The van der Waals surface area contributed by atoms with Crippen LogP contribution in [0.25, 0.3) is 0 Å². The third-order valence-corrected chi connectivity index (χ3v) is 6.95. The van der Waals surface area contributed by atoms with Gasteiger partial charge in [-0.25, -0.2) is 4.39 Å². The quantitative estimate of drug-likeness (QED) is 0.392. The Bertz CT molecular complexity index is 1180. The molecular formula is C26H24ClFN2O3S. The smallest absolute Gasteiger partial charge is 0.257 e. The summed E-state index contributed by atoms with van der Waals surface area (Å²) in [5.74, 6) is -0.743. The SMILES string of the molecule is C=CCN(CC(=O)N1CCc2sccc2[C@@H]1COc1ccc(Cl)cc1)C(=O)c1ccccc1F. The van der Waals surface area contributed by atoms with Crippen molar-refractivity contribution < 1.29 is 18.7 Å². The molecule has 176 valence electrons. The van der Waals surface area contributed by atoms with Crippen molar-refractivity contribution in [1.82, 2.24) is 9.80 Å². The first-order chi connectivity index (χ1) is 16.5. The number of carbonyl (C=O) groups is 2. The molecule has 0 spiro atoms. The zero-order chi connectivity index (χ0) is 24.1. The van der Waals surface area contributed by atoms with E-state index in [4.69, 9.17) is 16.3 Å². The van der Waals surface area contributed by atoms with Gasteiger partial charge in [0.15, 0.2) is 0 Å². The van der Waals surface area contributed by atoms with Crippen LogP contribution in [-0.2, 0) is 11.2 Å². The number of rotatable bonds is 8. The van der Waals surface area contributed by atoms with E-state index in [0.717, 1.165) is 12.0 Å². The molecule has 2 aromatic carbocycles. The van der Waals surface area contributed by atoms with Crippen molar-refractivity contribution in [2.75, 3.05) is 26.2 Å². The zero-order valence-electron chi connectivity index (χ0n) is 18.5. The normalized spacial score (nSPS) is 14.9. The van der Waals surface area contributed by atoms with Gasteiger partial charge in [-0.05, 0) is 59.8 Å². The molecule has 0 bridgehead atoms. The number of ether oxygens (including phenoxy) is 1. The van der Waals surface area contributed by atoms with Gasteiger partial charge >= 0.3 is 0 Å². The van der Waals surface area contributed by atoms with E-state index >= 15 is 0 Å². The Balaban J connectivity index is 1.53. The molecule has 1 aliphatic rings. The summed E-state index contributed by atoms with van der Waals surface area (Å²) in [7, 11) is 0. The van der Waals surface area contributed by atoms with Gasteiger partial charge < -0.3 is 14.5 Å². The fourth-order valence-corrected chi connectivity index (χ4v) is 5.07. The summed E-state index contributed by atoms with van der Waals surface area (Å²) in [6, 6.07) is 14.5. The van der Waals surface area contributed by atoms with Gasteiger partial charge in [-0.3, -0.25) is 9.59 Å². The molecule has 1 aromatic heterocycles. The van der Waals surface area contributed by atoms with E-state index in [-0.39, 0.29) is 37.2 Å². The van der Waals surface area contributed by atoms with Crippen LogP contribution in [0.15, 0.2) is 72.6 Å². The van der Waals surface area contributed by atoms with Crippen molar-refractivity contribution in [1.29, 1.82) is 0 Å². The monoisotopic (exact) mass is 498 g/mol. The van der Waals surface area contributed by atoms with Crippen LogP contribution in [0, 0.1) is 5.82 Å². The fourth-order valence-electron chi connectivity index (χ4n) is 4.01. The molecule has 0 saturated heterocycles. The first kappa shape index (κ1) is 24.0. The molecule has 2 amide bonds. The molecule has 3 aromatic rings. The molecule has 2 heterocycles. The van der Waals surface area contributed by atoms with Crippen molar-refractivity contribution in [3.05, 3.63) is 99.5 Å². The molecule has 1 atom stereocenters. The molecule has 0 N–H and O–H groups in total. The van der Waals surface area contributed by atoms with Crippen molar-refractivity contribution in [2.24, 2.45) is 0 Å². The molecule has 34 heavy (non-hydrogen) atoms. The van der Waals surface area contributed by atoms with Crippen LogP contribution >= 0.6 is 22.9 Å². The second kappa shape index (κ2) is 10.8. The summed E-state index contributed by atoms with van der Waals surface area (Å²) in [6.07, 6.45) is 2.26. The van der Waals surface area contributed by atoms with Crippen LogP contribution in [0.3, 0.4) is 0 Å². The second-order valence-corrected chi connectivity index (χ2v) is 9.31. The molecule has 1 aliphatic heterocycles. The topological polar surface area (TPSA) is 49.9 Å². The minimum Gasteiger partial charge on any atom is -0.491 e. The molecule has 0 saturated carbocycles. The highest BCUT2D eigenvalue weighted by Gasteiger charge is 2.33. The number of benzene rings is 2. The number of hydrogen-bond donors (Lipinski definition) is 0. The Morgan fingerprint density at radius 1 is 1.21 bits per heavy atom. The summed E-state index contributed by atoms with van der Waals surface area (Å²) in [5, 5.41) is 2.63. The van der Waals surface area contributed by atoms with Crippen LogP contribution in [-0.4, -0.2) is 47.9 Å². The maximum atomic E-state index is 14.2. The third-order valence-electron chi connectivity index (χ3n) is 5.70. The Kier molecular flexibility index (Phi) is 7.65. The Hall–Kier alpha value is -3.16. The summed E-state index contributed by atoms with van der Waals surface area (Å²) >= 11 is 7.62. The highest BCUT2D eigenvalue weighted by Crippen LogP contribution is 2.34. The van der Waals surface area contributed by atoms with Gasteiger partial charge in [-0.15, -0.1) is 17.9 Å². The van der Waals surface area contributed by atoms with Gasteiger partial charge in [0.2, 0.25) is 5.91 Å². The van der Waals surface area contributed by atoms with Gasteiger partial charge in [0.25, 0.3) is 5.91 Å². The lowest BCUT2D eigenvalue weighted by Gasteiger charge is -2.37. The molecule has 0 unspecified atom stereocenters. The van der Waals surface area contributed by atoms with Crippen LogP contribution < -0.4 is 4.74 Å². The minimum atomic E-state index is -0.621. The maximum absolute atomic E-state index is 14.2. The second-order valence-electron chi connectivity index (χ2n) is 7.87. The number of halogens is 2. The first-order valence-corrected chi connectivity index (χ1v) is 12.1. The predicted molar refractivity (Wildman–Crippen MR) is 132 cm³/mol. The Labute approximate surface area is 207 Å². The first-order valence-electron chi connectivity index (χ1n) is 10.9. The lowest BCUT2D eigenvalue weighted by Crippen LogP contribution is -2.48. The van der Waals surface area contributed by atoms with E-state index < -0.39 is 11.7 Å².